The van der Waals surface area contributed by atoms with Crippen LogP contribution in [0.1, 0.15) is 12.0 Å². The number of fused-ring (bicyclic) bond motifs is 1. The lowest BCUT2D eigenvalue weighted by atomic mass is 10.0. The Kier molecular flexibility index (Phi) is 2.32. The standard InChI is InChI=1S/C10H14NP/c1-12-10-6-2-5-9-8(10)4-3-7-11-9/h2,5-6,11-12H,3-4,7H2,1H3. The molecule has 1 N–H and O–H groups in total. The summed E-state index contributed by atoms with van der Waals surface area (Å²) in [4.78, 5) is 0. The number of hydrogen-bond donors (Lipinski definition) is 1. The second-order valence-corrected chi connectivity index (χ2v) is 4.15. The van der Waals surface area contributed by atoms with Crippen LogP contribution in [0.3, 0.4) is 0 Å². The molecule has 0 radical (unpaired) electrons. The summed E-state index contributed by atoms with van der Waals surface area (Å²) in [5.41, 5.74) is 2.93. The molecule has 0 bridgehead atoms. The molecule has 12 heavy (non-hydrogen) atoms. The van der Waals surface area contributed by atoms with Crippen LogP contribution < -0.4 is 10.6 Å². The van der Waals surface area contributed by atoms with Crippen molar-refractivity contribution in [3.8, 4) is 0 Å². The van der Waals surface area contributed by atoms with Gasteiger partial charge in [-0.25, -0.2) is 0 Å². The molecular weight excluding hydrogens is 165 g/mol. The summed E-state index contributed by atoms with van der Waals surface area (Å²) in [6.45, 7) is 3.40. The summed E-state index contributed by atoms with van der Waals surface area (Å²) < 4.78 is 0. The van der Waals surface area contributed by atoms with Crippen LogP contribution in [-0.4, -0.2) is 13.2 Å². The maximum atomic E-state index is 3.44. The average Bonchev–Trinajstić information content (AvgIpc) is 2.17. The zero-order chi connectivity index (χ0) is 8.39. The van der Waals surface area contributed by atoms with Crippen molar-refractivity contribution in [1.29, 1.82) is 0 Å². The van der Waals surface area contributed by atoms with Crippen molar-refractivity contribution >= 4 is 19.6 Å². The van der Waals surface area contributed by atoms with Crippen LogP contribution in [0, 0.1) is 0 Å². The molecule has 1 heterocycles. The van der Waals surface area contributed by atoms with E-state index < -0.39 is 0 Å². The van der Waals surface area contributed by atoms with E-state index >= 15 is 0 Å². The van der Waals surface area contributed by atoms with Gasteiger partial charge in [-0.1, -0.05) is 20.7 Å². The molecule has 1 aromatic rings. The minimum Gasteiger partial charge on any atom is -0.385 e. The minimum atomic E-state index is 0.929. The molecule has 0 aliphatic carbocycles. The Balaban J connectivity index is 2.44. The number of rotatable bonds is 1. The Hall–Kier alpha value is -0.550. The van der Waals surface area contributed by atoms with Gasteiger partial charge in [0, 0.05) is 12.2 Å². The van der Waals surface area contributed by atoms with Crippen molar-refractivity contribution in [3.05, 3.63) is 23.8 Å². The molecule has 0 spiro atoms. The Labute approximate surface area is 75.3 Å². The predicted octanol–water partition coefficient (Wildman–Crippen LogP) is 1.98. The van der Waals surface area contributed by atoms with Crippen LogP contribution in [0.15, 0.2) is 18.2 Å². The van der Waals surface area contributed by atoms with Gasteiger partial charge in [-0.3, -0.25) is 0 Å². The predicted molar refractivity (Wildman–Crippen MR) is 57.1 cm³/mol. The fourth-order valence-electron chi connectivity index (χ4n) is 1.74. The third-order valence-electron chi connectivity index (χ3n) is 2.36. The third kappa shape index (κ3) is 1.34. The molecule has 1 nitrogen and oxygen atoms in total. The number of benzene rings is 1. The molecule has 1 aliphatic heterocycles. The smallest absolute Gasteiger partial charge is 0.0379 e. The van der Waals surface area contributed by atoms with E-state index in [4.69, 9.17) is 0 Å². The quantitative estimate of drug-likeness (QED) is 0.650. The van der Waals surface area contributed by atoms with Crippen molar-refractivity contribution in [1.82, 2.24) is 0 Å². The molecule has 2 rings (SSSR count). The Bertz CT molecular complexity index is 269. The summed E-state index contributed by atoms with van der Waals surface area (Å²) in [6, 6.07) is 6.60. The van der Waals surface area contributed by atoms with Gasteiger partial charge in [0.2, 0.25) is 0 Å². The van der Waals surface area contributed by atoms with Crippen LogP contribution in [0.4, 0.5) is 5.69 Å². The van der Waals surface area contributed by atoms with E-state index in [1.807, 2.05) is 0 Å². The van der Waals surface area contributed by atoms with Gasteiger partial charge in [-0.15, -0.1) is 0 Å². The van der Waals surface area contributed by atoms with Gasteiger partial charge in [0.05, 0.1) is 0 Å². The van der Waals surface area contributed by atoms with E-state index in [9.17, 15) is 0 Å². The molecule has 0 aromatic heterocycles. The first-order valence-electron chi connectivity index (χ1n) is 4.45. The lowest BCUT2D eigenvalue weighted by Crippen LogP contribution is -2.17. The fourth-order valence-corrected chi connectivity index (χ4v) is 2.57. The fraction of sp³-hybridized carbons (Fsp3) is 0.400. The molecule has 0 saturated heterocycles. The third-order valence-corrected chi connectivity index (χ3v) is 3.37. The van der Waals surface area contributed by atoms with Crippen LogP contribution in [0.5, 0.6) is 0 Å². The van der Waals surface area contributed by atoms with Crippen molar-refractivity contribution in [3.63, 3.8) is 0 Å². The van der Waals surface area contributed by atoms with Gasteiger partial charge in [-0.05, 0) is 36.4 Å². The largest absolute Gasteiger partial charge is 0.385 e. The van der Waals surface area contributed by atoms with Gasteiger partial charge < -0.3 is 5.32 Å². The van der Waals surface area contributed by atoms with Crippen molar-refractivity contribution in [2.75, 3.05) is 18.5 Å². The first-order chi connectivity index (χ1) is 5.92. The molecule has 0 amide bonds. The Morgan fingerprint density at radius 3 is 3.17 bits per heavy atom. The summed E-state index contributed by atoms with van der Waals surface area (Å²) in [7, 11) is 0.929. The van der Waals surface area contributed by atoms with Crippen LogP contribution in [-0.2, 0) is 6.42 Å². The second-order valence-electron chi connectivity index (χ2n) is 3.11. The normalized spacial score (nSPS) is 16.1. The van der Waals surface area contributed by atoms with Crippen LogP contribution >= 0.6 is 8.58 Å². The maximum absolute atomic E-state index is 3.44. The highest BCUT2D eigenvalue weighted by Gasteiger charge is 2.10. The summed E-state index contributed by atoms with van der Waals surface area (Å²) in [5, 5.41) is 4.98. The first kappa shape index (κ1) is 8.07. The highest BCUT2D eigenvalue weighted by Crippen LogP contribution is 2.23. The Morgan fingerprint density at radius 1 is 1.42 bits per heavy atom. The van der Waals surface area contributed by atoms with Gasteiger partial charge in [0.15, 0.2) is 0 Å². The molecule has 1 unspecified atom stereocenters. The molecular formula is C10H14NP. The number of hydrogen-bond acceptors (Lipinski definition) is 1. The van der Waals surface area contributed by atoms with Gasteiger partial charge >= 0.3 is 0 Å². The highest BCUT2D eigenvalue weighted by molar-refractivity contribution is 7.46. The Morgan fingerprint density at radius 2 is 2.33 bits per heavy atom. The molecule has 0 saturated carbocycles. The topological polar surface area (TPSA) is 12.0 Å². The van der Waals surface area contributed by atoms with Gasteiger partial charge in [-0.2, -0.15) is 0 Å². The molecule has 1 atom stereocenters. The summed E-state index contributed by atoms with van der Waals surface area (Å²) in [5.74, 6) is 0. The van der Waals surface area contributed by atoms with E-state index in [2.05, 4.69) is 30.2 Å². The van der Waals surface area contributed by atoms with Crippen molar-refractivity contribution in [2.45, 2.75) is 12.8 Å². The van der Waals surface area contributed by atoms with Crippen LogP contribution in [0.2, 0.25) is 0 Å². The van der Waals surface area contributed by atoms with Gasteiger partial charge in [0.25, 0.3) is 0 Å². The van der Waals surface area contributed by atoms with E-state index in [0.717, 1.165) is 15.1 Å². The molecule has 64 valence electrons. The summed E-state index contributed by atoms with van der Waals surface area (Å²) in [6.07, 6.45) is 2.55. The molecule has 1 aromatic carbocycles. The zero-order valence-corrected chi connectivity index (χ0v) is 8.35. The van der Waals surface area contributed by atoms with Crippen LogP contribution in [0.25, 0.3) is 0 Å². The monoisotopic (exact) mass is 179 g/mol. The van der Waals surface area contributed by atoms with E-state index in [0.29, 0.717) is 0 Å². The van der Waals surface area contributed by atoms with Crippen molar-refractivity contribution in [2.24, 2.45) is 0 Å². The van der Waals surface area contributed by atoms with E-state index in [-0.39, 0.29) is 0 Å². The van der Waals surface area contributed by atoms with E-state index in [1.165, 1.54) is 18.5 Å². The average molecular weight is 179 g/mol. The molecule has 1 aliphatic rings. The minimum absolute atomic E-state index is 0.929. The zero-order valence-electron chi connectivity index (χ0n) is 7.35. The summed E-state index contributed by atoms with van der Waals surface area (Å²) >= 11 is 0. The second kappa shape index (κ2) is 3.45. The molecule has 2 heteroatoms. The SMILES string of the molecule is CPc1cccc2c1CCCN2. The molecule has 0 fully saturated rings. The lowest BCUT2D eigenvalue weighted by molar-refractivity contribution is 0.835. The lowest BCUT2D eigenvalue weighted by Gasteiger charge is -2.20. The number of nitrogens with one attached hydrogen (secondary N) is 1. The number of anilines is 1. The maximum Gasteiger partial charge on any atom is 0.0379 e. The van der Waals surface area contributed by atoms with Crippen molar-refractivity contribution < 1.29 is 0 Å². The van der Waals surface area contributed by atoms with Gasteiger partial charge in [0.1, 0.15) is 0 Å². The first-order valence-corrected chi connectivity index (χ1v) is 5.95. The van der Waals surface area contributed by atoms with E-state index in [1.54, 1.807) is 10.9 Å². The highest BCUT2D eigenvalue weighted by atomic mass is 31.1.